The third-order valence-electron chi connectivity index (χ3n) is 2.96. The molecule has 1 aromatic rings. The van der Waals surface area contributed by atoms with Crippen LogP contribution in [-0.2, 0) is 9.59 Å². The van der Waals surface area contributed by atoms with Crippen molar-refractivity contribution in [3.63, 3.8) is 0 Å². The predicted molar refractivity (Wildman–Crippen MR) is 81.3 cm³/mol. The van der Waals surface area contributed by atoms with E-state index >= 15 is 0 Å². The zero-order valence-electron chi connectivity index (χ0n) is 11.7. The molecule has 0 aromatic heterocycles. The fourth-order valence-electron chi connectivity index (χ4n) is 2.20. The van der Waals surface area contributed by atoms with Crippen molar-refractivity contribution < 1.29 is 9.59 Å². The minimum Gasteiger partial charge on any atom is -0.350 e. The Kier molecular flexibility index (Phi) is 3.88. The lowest BCUT2D eigenvalue weighted by Crippen LogP contribution is -2.47. The highest BCUT2D eigenvalue weighted by Crippen LogP contribution is 2.36. The quantitative estimate of drug-likeness (QED) is 0.861. The maximum Gasteiger partial charge on any atom is 0.249 e. The van der Waals surface area contributed by atoms with Gasteiger partial charge in [0.15, 0.2) is 0 Å². The normalized spacial score (nSPS) is 18.1. The van der Waals surface area contributed by atoms with Gasteiger partial charge in [-0.3, -0.25) is 9.59 Å². The fourth-order valence-corrected chi connectivity index (χ4v) is 2.58. The Morgan fingerprint density at radius 1 is 1.45 bits per heavy atom. The number of anilines is 1. The molecular weight excluding hydrogens is 322 g/mol. The number of hydrogen-bond donors (Lipinski definition) is 2. The van der Waals surface area contributed by atoms with Gasteiger partial charge in [-0.15, -0.1) is 0 Å². The number of halogens is 1. The van der Waals surface area contributed by atoms with E-state index in [4.69, 9.17) is 5.73 Å². The van der Waals surface area contributed by atoms with Crippen LogP contribution in [0, 0.1) is 0 Å². The standard InChI is InChI=1S/C14H18BrN3O2/c1-14(2,3)17-11(19)7-18-10-5-4-8(15)6-9(10)12(16)13(18)20/h4-6,12H,7,16H2,1-3H3,(H,17,19). The van der Waals surface area contributed by atoms with Gasteiger partial charge in [-0.1, -0.05) is 15.9 Å². The molecule has 108 valence electrons. The summed E-state index contributed by atoms with van der Waals surface area (Å²) < 4.78 is 0.862. The molecule has 5 nitrogen and oxygen atoms in total. The average Bonchev–Trinajstić information content (AvgIpc) is 2.52. The molecule has 0 spiro atoms. The van der Waals surface area contributed by atoms with E-state index in [0.717, 1.165) is 10.0 Å². The molecule has 2 amide bonds. The predicted octanol–water partition coefficient (Wildman–Crippen LogP) is 1.71. The third kappa shape index (κ3) is 3.02. The molecule has 3 N–H and O–H groups in total. The van der Waals surface area contributed by atoms with Gasteiger partial charge in [0, 0.05) is 21.3 Å². The molecule has 0 aliphatic carbocycles. The first-order chi connectivity index (χ1) is 9.19. The summed E-state index contributed by atoms with van der Waals surface area (Å²) in [6.07, 6.45) is 0. The number of rotatable bonds is 2. The molecule has 0 fully saturated rings. The lowest BCUT2D eigenvalue weighted by Gasteiger charge is -2.23. The number of nitrogens with one attached hydrogen (secondary N) is 1. The number of hydrogen-bond acceptors (Lipinski definition) is 3. The molecule has 20 heavy (non-hydrogen) atoms. The molecule has 1 aliphatic rings. The van der Waals surface area contributed by atoms with Crippen molar-refractivity contribution in [2.45, 2.75) is 32.4 Å². The van der Waals surface area contributed by atoms with Gasteiger partial charge in [0.1, 0.15) is 12.6 Å². The number of nitrogens with zero attached hydrogens (tertiary/aromatic N) is 1. The number of benzene rings is 1. The Bertz CT molecular complexity index is 566. The average molecular weight is 340 g/mol. The van der Waals surface area contributed by atoms with E-state index in [2.05, 4.69) is 21.2 Å². The molecule has 6 heteroatoms. The second-order valence-corrected chi connectivity index (χ2v) is 6.82. The highest BCUT2D eigenvalue weighted by molar-refractivity contribution is 9.10. The van der Waals surface area contributed by atoms with E-state index in [1.165, 1.54) is 4.90 Å². The lowest BCUT2D eigenvalue weighted by molar-refractivity contribution is -0.124. The molecule has 1 aliphatic heterocycles. The van der Waals surface area contributed by atoms with Gasteiger partial charge in [0.25, 0.3) is 0 Å². The first kappa shape index (κ1) is 15.0. The van der Waals surface area contributed by atoms with Crippen molar-refractivity contribution in [2.75, 3.05) is 11.4 Å². The zero-order chi connectivity index (χ0) is 15.1. The van der Waals surface area contributed by atoms with Crippen molar-refractivity contribution in [3.8, 4) is 0 Å². The minimum absolute atomic E-state index is 0.0154. The van der Waals surface area contributed by atoms with Crippen LogP contribution in [0.4, 0.5) is 5.69 Å². The van der Waals surface area contributed by atoms with Crippen LogP contribution in [0.15, 0.2) is 22.7 Å². The van der Waals surface area contributed by atoms with E-state index in [1.807, 2.05) is 32.9 Å². The summed E-state index contributed by atoms with van der Waals surface area (Å²) in [5, 5.41) is 2.84. The Morgan fingerprint density at radius 2 is 2.10 bits per heavy atom. The van der Waals surface area contributed by atoms with Crippen LogP contribution >= 0.6 is 15.9 Å². The lowest BCUT2D eigenvalue weighted by atomic mass is 10.1. The first-order valence-electron chi connectivity index (χ1n) is 6.36. The smallest absolute Gasteiger partial charge is 0.249 e. The number of carbonyl (C=O) groups is 2. The number of carbonyl (C=O) groups excluding carboxylic acids is 2. The van der Waals surface area contributed by atoms with Gasteiger partial charge in [-0.2, -0.15) is 0 Å². The van der Waals surface area contributed by atoms with Crippen LogP contribution in [0.25, 0.3) is 0 Å². The van der Waals surface area contributed by atoms with E-state index in [-0.39, 0.29) is 23.9 Å². The SMILES string of the molecule is CC(C)(C)NC(=O)CN1C(=O)C(N)c2cc(Br)ccc21. The van der Waals surface area contributed by atoms with Crippen LogP contribution in [0.3, 0.4) is 0 Å². The molecule has 2 rings (SSSR count). The summed E-state index contributed by atoms with van der Waals surface area (Å²) in [7, 11) is 0. The number of fused-ring (bicyclic) bond motifs is 1. The van der Waals surface area contributed by atoms with Crippen molar-refractivity contribution in [3.05, 3.63) is 28.2 Å². The van der Waals surface area contributed by atoms with Crippen molar-refractivity contribution in [1.82, 2.24) is 5.32 Å². The van der Waals surface area contributed by atoms with Crippen LogP contribution in [0.2, 0.25) is 0 Å². The second-order valence-electron chi connectivity index (χ2n) is 5.90. The molecule has 1 atom stereocenters. The highest BCUT2D eigenvalue weighted by Gasteiger charge is 2.36. The maximum absolute atomic E-state index is 12.2. The van der Waals surface area contributed by atoms with E-state index < -0.39 is 6.04 Å². The summed E-state index contributed by atoms with van der Waals surface area (Å²) in [5.74, 6) is -0.448. The van der Waals surface area contributed by atoms with Gasteiger partial charge in [0.2, 0.25) is 11.8 Å². The van der Waals surface area contributed by atoms with Gasteiger partial charge in [0.05, 0.1) is 0 Å². The third-order valence-corrected chi connectivity index (χ3v) is 3.46. The Hall–Kier alpha value is -1.40. The van der Waals surface area contributed by atoms with Gasteiger partial charge in [-0.05, 0) is 39.0 Å². The molecule has 0 bridgehead atoms. The largest absolute Gasteiger partial charge is 0.350 e. The van der Waals surface area contributed by atoms with E-state index in [1.54, 1.807) is 6.07 Å². The first-order valence-corrected chi connectivity index (χ1v) is 7.16. The van der Waals surface area contributed by atoms with E-state index in [9.17, 15) is 9.59 Å². The van der Waals surface area contributed by atoms with Gasteiger partial charge >= 0.3 is 0 Å². The van der Waals surface area contributed by atoms with Crippen LogP contribution in [0.5, 0.6) is 0 Å². The minimum atomic E-state index is -0.704. The highest BCUT2D eigenvalue weighted by atomic mass is 79.9. The summed E-state index contributed by atoms with van der Waals surface area (Å²) in [4.78, 5) is 25.6. The van der Waals surface area contributed by atoms with Crippen molar-refractivity contribution in [2.24, 2.45) is 5.73 Å². The molecule has 0 radical (unpaired) electrons. The monoisotopic (exact) mass is 339 g/mol. The molecule has 1 aromatic carbocycles. The Labute approximate surface area is 126 Å². The molecule has 0 saturated carbocycles. The summed E-state index contributed by atoms with van der Waals surface area (Å²) >= 11 is 3.36. The molecule has 1 heterocycles. The fraction of sp³-hybridized carbons (Fsp3) is 0.429. The summed E-state index contributed by atoms with van der Waals surface area (Å²) in [6, 6.07) is 4.75. The molecular formula is C14H18BrN3O2. The summed E-state index contributed by atoms with van der Waals surface area (Å²) in [6.45, 7) is 5.67. The second kappa shape index (κ2) is 5.18. The number of amides is 2. The van der Waals surface area contributed by atoms with Crippen LogP contribution in [-0.4, -0.2) is 23.9 Å². The van der Waals surface area contributed by atoms with Crippen molar-refractivity contribution >= 4 is 33.4 Å². The number of nitrogens with two attached hydrogens (primary N) is 1. The Morgan fingerprint density at radius 3 is 2.70 bits per heavy atom. The topological polar surface area (TPSA) is 75.4 Å². The zero-order valence-corrected chi connectivity index (χ0v) is 13.3. The van der Waals surface area contributed by atoms with Crippen molar-refractivity contribution in [1.29, 1.82) is 0 Å². The molecule has 0 saturated heterocycles. The van der Waals surface area contributed by atoms with Gasteiger partial charge in [-0.25, -0.2) is 0 Å². The van der Waals surface area contributed by atoms with Crippen LogP contribution in [0.1, 0.15) is 32.4 Å². The van der Waals surface area contributed by atoms with E-state index in [0.29, 0.717) is 5.69 Å². The Balaban J connectivity index is 2.22. The van der Waals surface area contributed by atoms with Gasteiger partial charge < -0.3 is 16.0 Å². The maximum atomic E-state index is 12.2. The molecule has 1 unspecified atom stereocenters. The summed E-state index contributed by atoms with van der Waals surface area (Å²) in [5.41, 5.74) is 7.03. The van der Waals surface area contributed by atoms with Crippen LogP contribution < -0.4 is 16.0 Å².